The number of carbonyl (C=O) groups excluding carboxylic acids is 3. The average Bonchev–Trinajstić information content (AvgIpc) is 3.49. The van der Waals surface area contributed by atoms with E-state index >= 15 is 0 Å². The fourth-order valence-corrected chi connectivity index (χ4v) is 7.04. The van der Waals surface area contributed by atoms with Crippen molar-refractivity contribution in [2.45, 2.75) is 35.9 Å². The third-order valence-electron chi connectivity index (χ3n) is 6.86. The van der Waals surface area contributed by atoms with Gasteiger partial charge < -0.3 is 19.5 Å². The van der Waals surface area contributed by atoms with E-state index in [0.717, 1.165) is 16.0 Å². The molecule has 0 radical (unpaired) electrons. The molecule has 8 nitrogen and oxygen atoms in total. The van der Waals surface area contributed by atoms with E-state index in [2.05, 4.69) is 5.32 Å². The number of aldehydes is 1. The molecular weight excluding hydrogens is 536 g/mol. The number of rotatable bonds is 10. The fourth-order valence-electron chi connectivity index (χ4n) is 5.05. The van der Waals surface area contributed by atoms with Gasteiger partial charge in [-0.15, -0.1) is 23.1 Å². The van der Waals surface area contributed by atoms with Crippen molar-refractivity contribution in [3.63, 3.8) is 0 Å². The summed E-state index contributed by atoms with van der Waals surface area (Å²) in [4.78, 5) is 41.5. The number of thioether (sulfide) groups is 1. The molecule has 1 aromatic heterocycles. The molecule has 0 bridgehead atoms. The van der Waals surface area contributed by atoms with Crippen molar-refractivity contribution in [2.24, 2.45) is 0 Å². The molecule has 3 heterocycles. The second-order valence-electron chi connectivity index (χ2n) is 9.05. The van der Waals surface area contributed by atoms with Gasteiger partial charge in [-0.3, -0.25) is 9.59 Å². The third-order valence-corrected chi connectivity index (χ3v) is 8.93. The van der Waals surface area contributed by atoms with Crippen molar-refractivity contribution in [1.82, 2.24) is 10.2 Å². The van der Waals surface area contributed by atoms with Gasteiger partial charge in [0.1, 0.15) is 18.4 Å². The quantitative estimate of drug-likeness (QED) is 0.225. The van der Waals surface area contributed by atoms with Crippen molar-refractivity contribution in [1.29, 1.82) is 0 Å². The first-order valence-electron chi connectivity index (χ1n) is 12.3. The molecule has 1 saturated heterocycles. The first-order chi connectivity index (χ1) is 19.0. The molecule has 2 aliphatic heterocycles. The van der Waals surface area contributed by atoms with E-state index in [1.165, 1.54) is 37.3 Å². The monoisotopic (exact) mass is 564 g/mol. The SMILES string of the molecule is COC1(OC)C(NC(=O)Cc2cccs2)[C@@H]2SC=C(C=O)C(C(=O)OC(c3ccccc3)c3ccccc3)N21. The second-order valence-corrected chi connectivity index (χ2v) is 11.1. The number of ether oxygens (including phenoxy) is 3. The number of thiophene rings is 1. The smallest absolute Gasteiger partial charge is 0.329 e. The number of hydrogen-bond acceptors (Lipinski definition) is 9. The normalized spacial score (nSPS) is 21.8. The van der Waals surface area contributed by atoms with Crippen LogP contribution in [0.1, 0.15) is 22.1 Å². The highest BCUT2D eigenvalue weighted by atomic mass is 32.2. The molecule has 0 aliphatic carbocycles. The van der Waals surface area contributed by atoms with E-state index < -0.39 is 35.4 Å². The lowest BCUT2D eigenvalue weighted by Gasteiger charge is -2.63. The van der Waals surface area contributed by atoms with Crippen molar-refractivity contribution in [3.8, 4) is 0 Å². The Labute approximate surface area is 234 Å². The summed E-state index contributed by atoms with van der Waals surface area (Å²) in [6.45, 7) is 0. The lowest BCUT2D eigenvalue weighted by Crippen LogP contribution is -2.84. The van der Waals surface area contributed by atoms with Crippen LogP contribution < -0.4 is 5.32 Å². The molecule has 3 atom stereocenters. The van der Waals surface area contributed by atoms with E-state index in [9.17, 15) is 14.4 Å². The number of benzene rings is 2. The molecule has 1 N–H and O–H groups in total. The molecule has 202 valence electrons. The van der Waals surface area contributed by atoms with Gasteiger partial charge in [-0.25, -0.2) is 9.69 Å². The Morgan fingerprint density at radius 3 is 2.18 bits per heavy atom. The van der Waals surface area contributed by atoms with Crippen LogP contribution in [0, 0.1) is 0 Å². The predicted molar refractivity (Wildman–Crippen MR) is 149 cm³/mol. The molecule has 2 aliphatic rings. The molecule has 5 rings (SSSR count). The van der Waals surface area contributed by atoms with Gasteiger partial charge in [0, 0.05) is 24.7 Å². The van der Waals surface area contributed by atoms with Crippen LogP contribution in [0.2, 0.25) is 0 Å². The molecule has 39 heavy (non-hydrogen) atoms. The standard InChI is InChI=1S/C29H28N2O6S2/c1-35-29(36-2)26(30-23(33)16-22-14-9-15-38-22)27-31(29)24(21(17-32)18-39-27)28(34)37-25(19-10-5-3-6-11-19)20-12-7-4-8-13-20/h3-15,17-18,24-27H,16H2,1-2H3,(H,30,33)/t24?,26?,27-/m0/s1. The van der Waals surface area contributed by atoms with Crippen LogP contribution in [-0.2, 0) is 35.0 Å². The Morgan fingerprint density at radius 2 is 1.64 bits per heavy atom. The minimum atomic E-state index is -1.48. The van der Waals surface area contributed by atoms with Crippen LogP contribution in [0.4, 0.5) is 0 Å². The highest BCUT2D eigenvalue weighted by Gasteiger charge is 2.68. The summed E-state index contributed by atoms with van der Waals surface area (Å²) in [5.41, 5.74) is 1.81. The summed E-state index contributed by atoms with van der Waals surface area (Å²) in [5.74, 6) is -2.30. The van der Waals surface area contributed by atoms with E-state index in [-0.39, 0.29) is 17.9 Å². The van der Waals surface area contributed by atoms with Crippen molar-refractivity contribution < 1.29 is 28.6 Å². The molecule has 1 amide bonds. The molecule has 1 fully saturated rings. The lowest BCUT2D eigenvalue weighted by atomic mass is 9.93. The zero-order valence-electron chi connectivity index (χ0n) is 21.4. The van der Waals surface area contributed by atoms with Crippen LogP contribution in [-0.4, -0.2) is 60.7 Å². The molecule has 0 spiro atoms. The number of nitrogens with zero attached hydrogens (tertiary/aromatic N) is 1. The van der Waals surface area contributed by atoms with Gasteiger partial charge in [0.15, 0.2) is 6.10 Å². The second kappa shape index (κ2) is 11.8. The fraction of sp³-hybridized carbons (Fsp3) is 0.276. The number of carbonyl (C=O) groups is 3. The Hall–Kier alpha value is -3.28. The highest BCUT2D eigenvalue weighted by Crippen LogP contribution is 2.50. The number of fused-ring (bicyclic) bond motifs is 1. The topological polar surface area (TPSA) is 94.2 Å². The first-order valence-corrected chi connectivity index (χ1v) is 14.2. The van der Waals surface area contributed by atoms with Gasteiger partial charge in [0.25, 0.3) is 5.91 Å². The Kier molecular flexibility index (Phi) is 8.29. The van der Waals surface area contributed by atoms with Crippen LogP contribution in [0.3, 0.4) is 0 Å². The summed E-state index contributed by atoms with van der Waals surface area (Å²) in [6.07, 6.45) is 0.169. The number of hydrogen-bond donors (Lipinski definition) is 1. The average molecular weight is 565 g/mol. The number of methoxy groups -OCH3 is 2. The lowest BCUT2D eigenvalue weighted by molar-refractivity contribution is -0.372. The minimum Gasteiger partial charge on any atom is -0.451 e. The Morgan fingerprint density at radius 1 is 1.00 bits per heavy atom. The van der Waals surface area contributed by atoms with E-state index in [1.54, 1.807) is 10.3 Å². The maximum Gasteiger partial charge on any atom is 0.329 e. The van der Waals surface area contributed by atoms with Gasteiger partial charge in [-0.1, -0.05) is 66.7 Å². The van der Waals surface area contributed by atoms with E-state index in [1.807, 2.05) is 78.2 Å². The van der Waals surface area contributed by atoms with Crippen LogP contribution >= 0.6 is 23.1 Å². The highest BCUT2D eigenvalue weighted by molar-refractivity contribution is 8.02. The molecule has 0 saturated carbocycles. The first kappa shape index (κ1) is 27.3. The summed E-state index contributed by atoms with van der Waals surface area (Å²) in [7, 11) is 2.89. The van der Waals surface area contributed by atoms with E-state index in [0.29, 0.717) is 6.29 Å². The number of amides is 1. The van der Waals surface area contributed by atoms with Gasteiger partial charge >= 0.3 is 5.97 Å². The zero-order valence-corrected chi connectivity index (χ0v) is 23.0. The largest absolute Gasteiger partial charge is 0.451 e. The third kappa shape index (κ3) is 5.18. The summed E-state index contributed by atoms with van der Waals surface area (Å²) < 4.78 is 17.8. The summed E-state index contributed by atoms with van der Waals surface area (Å²) in [5, 5.41) is 6.15. The van der Waals surface area contributed by atoms with Crippen molar-refractivity contribution in [2.75, 3.05) is 14.2 Å². The van der Waals surface area contributed by atoms with Gasteiger partial charge in [-0.2, -0.15) is 0 Å². The van der Waals surface area contributed by atoms with Crippen LogP contribution in [0.5, 0.6) is 0 Å². The van der Waals surface area contributed by atoms with E-state index in [4.69, 9.17) is 14.2 Å². The van der Waals surface area contributed by atoms with Crippen LogP contribution in [0.15, 0.2) is 89.2 Å². The van der Waals surface area contributed by atoms with Crippen molar-refractivity contribution >= 4 is 41.3 Å². The maximum atomic E-state index is 13.9. The zero-order chi connectivity index (χ0) is 27.4. The Bertz CT molecular complexity index is 1290. The van der Waals surface area contributed by atoms with Gasteiger partial charge in [-0.05, 0) is 28.0 Å². The van der Waals surface area contributed by atoms with Crippen LogP contribution in [0.25, 0.3) is 0 Å². The number of nitrogens with one attached hydrogen (secondary N) is 1. The molecule has 2 unspecified atom stereocenters. The summed E-state index contributed by atoms with van der Waals surface area (Å²) >= 11 is 2.82. The minimum absolute atomic E-state index is 0.196. The molecular formula is C29H28N2O6S2. The Balaban J connectivity index is 1.43. The maximum absolute atomic E-state index is 13.9. The van der Waals surface area contributed by atoms with Gasteiger partial charge in [0.2, 0.25) is 5.91 Å². The number of esters is 1. The van der Waals surface area contributed by atoms with Gasteiger partial charge in [0.05, 0.1) is 11.8 Å². The molecule has 2 aromatic carbocycles. The van der Waals surface area contributed by atoms with Crippen molar-refractivity contribution in [3.05, 3.63) is 105 Å². The molecule has 3 aromatic rings. The summed E-state index contributed by atoms with van der Waals surface area (Å²) in [6, 6.07) is 20.9. The predicted octanol–water partition coefficient (Wildman–Crippen LogP) is 3.89. The molecule has 10 heteroatoms.